The monoisotopic (exact) mass is 265 g/mol. The van der Waals surface area contributed by atoms with Crippen molar-refractivity contribution in [3.63, 3.8) is 0 Å². The number of rotatable bonds is 6. The summed E-state index contributed by atoms with van der Waals surface area (Å²) in [6, 6.07) is -0.189. The molecule has 19 heavy (non-hydrogen) atoms. The first-order valence-corrected chi connectivity index (χ1v) is 6.46. The van der Waals surface area contributed by atoms with Gasteiger partial charge in [0.1, 0.15) is 6.54 Å². The Morgan fingerprint density at radius 1 is 1.58 bits per heavy atom. The first-order valence-electron chi connectivity index (χ1n) is 6.46. The molecular formula is C12H19N5O2. The molecule has 0 saturated heterocycles. The van der Waals surface area contributed by atoms with Crippen LogP contribution in [0, 0.1) is 0 Å². The van der Waals surface area contributed by atoms with Crippen LogP contribution in [0.3, 0.4) is 0 Å². The van der Waals surface area contributed by atoms with Crippen LogP contribution in [-0.4, -0.2) is 33.7 Å². The van der Waals surface area contributed by atoms with Crippen molar-refractivity contribution < 1.29 is 9.59 Å². The molecular weight excluding hydrogens is 246 g/mol. The third-order valence-corrected chi connectivity index (χ3v) is 2.93. The van der Waals surface area contributed by atoms with Gasteiger partial charge in [-0.15, -0.1) is 0 Å². The molecule has 2 amide bonds. The highest BCUT2D eigenvalue weighted by Crippen LogP contribution is 2.18. The van der Waals surface area contributed by atoms with Gasteiger partial charge in [0.05, 0.1) is 17.9 Å². The van der Waals surface area contributed by atoms with Gasteiger partial charge >= 0.3 is 0 Å². The lowest BCUT2D eigenvalue weighted by Gasteiger charge is -2.07. The van der Waals surface area contributed by atoms with Gasteiger partial charge in [-0.1, -0.05) is 6.92 Å². The maximum Gasteiger partial charge on any atom is 0.241 e. The van der Waals surface area contributed by atoms with E-state index in [4.69, 9.17) is 5.73 Å². The van der Waals surface area contributed by atoms with Gasteiger partial charge in [-0.05, 0) is 19.3 Å². The summed E-state index contributed by atoms with van der Waals surface area (Å²) in [5, 5.41) is 9.56. The second-order valence-corrected chi connectivity index (χ2v) is 4.77. The molecule has 1 heterocycles. The number of aromatic nitrogens is 2. The van der Waals surface area contributed by atoms with E-state index in [2.05, 4.69) is 15.7 Å². The van der Waals surface area contributed by atoms with Gasteiger partial charge in [-0.25, -0.2) is 0 Å². The lowest BCUT2D eigenvalue weighted by Crippen LogP contribution is -2.34. The summed E-state index contributed by atoms with van der Waals surface area (Å²) >= 11 is 0. The number of hydrogen-bond acceptors (Lipinski definition) is 4. The Bertz CT molecular complexity index is 466. The van der Waals surface area contributed by atoms with Crippen LogP contribution >= 0.6 is 0 Å². The zero-order chi connectivity index (χ0) is 13.8. The number of carbonyl (C=O) groups excluding carboxylic acids is 2. The van der Waals surface area contributed by atoms with E-state index in [1.54, 1.807) is 6.20 Å². The maximum atomic E-state index is 11.6. The Balaban J connectivity index is 1.84. The molecule has 7 nitrogen and oxygen atoms in total. The van der Waals surface area contributed by atoms with Gasteiger partial charge in [0.2, 0.25) is 11.8 Å². The fourth-order valence-corrected chi connectivity index (χ4v) is 1.58. The van der Waals surface area contributed by atoms with Gasteiger partial charge < -0.3 is 16.4 Å². The molecule has 0 aromatic carbocycles. The Morgan fingerprint density at radius 3 is 2.95 bits per heavy atom. The van der Waals surface area contributed by atoms with Crippen LogP contribution in [0.2, 0.25) is 0 Å². The van der Waals surface area contributed by atoms with Crippen molar-refractivity contribution in [3.8, 4) is 0 Å². The molecule has 0 bridgehead atoms. The highest BCUT2D eigenvalue weighted by atomic mass is 16.2. The minimum atomic E-state index is -0.526. The number of carbonyl (C=O) groups is 2. The van der Waals surface area contributed by atoms with Gasteiger partial charge in [0, 0.05) is 12.2 Å². The highest BCUT2D eigenvalue weighted by molar-refractivity contribution is 5.94. The van der Waals surface area contributed by atoms with Crippen LogP contribution in [-0.2, 0) is 16.1 Å². The number of anilines is 1. The van der Waals surface area contributed by atoms with Crippen molar-refractivity contribution in [3.05, 3.63) is 12.4 Å². The number of hydrogen-bond donors (Lipinski definition) is 3. The molecule has 1 aliphatic carbocycles. The molecule has 1 aliphatic rings. The summed E-state index contributed by atoms with van der Waals surface area (Å²) in [7, 11) is 0. The quantitative estimate of drug-likeness (QED) is 0.665. The molecule has 1 saturated carbocycles. The topological polar surface area (TPSA) is 102 Å². The third kappa shape index (κ3) is 4.06. The zero-order valence-electron chi connectivity index (χ0n) is 10.9. The van der Waals surface area contributed by atoms with Crippen LogP contribution in [0.25, 0.3) is 0 Å². The van der Waals surface area contributed by atoms with Crippen LogP contribution < -0.4 is 16.4 Å². The maximum absolute atomic E-state index is 11.6. The Labute approximate surface area is 111 Å². The van der Waals surface area contributed by atoms with Crippen molar-refractivity contribution in [1.29, 1.82) is 0 Å². The zero-order valence-corrected chi connectivity index (χ0v) is 10.9. The molecule has 0 radical (unpaired) electrons. The van der Waals surface area contributed by atoms with Crippen molar-refractivity contribution in [2.75, 3.05) is 5.32 Å². The van der Waals surface area contributed by atoms with Crippen LogP contribution in [0.15, 0.2) is 12.4 Å². The van der Waals surface area contributed by atoms with Crippen molar-refractivity contribution in [1.82, 2.24) is 15.1 Å². The molecule has 4 N–H and O–H groups in total. The molecule has 7 heteroatoms. The number of amides is 2. The lowest BCUT2D eigenvalue weighted by atomic mass is 10.2. The molecule has 1 aromatic rings. The largest absolute Gasteiger partial charge is 0.352 e. The van der Waals surface area contributed by atoms with E-state index in [-0.39, 0.29) is 18.4 Å². The van der Waals surface area contributed by atoms with Crippen molar-refractivity contribution in [2.24, 2.45) is 5.73 Å². The minimum Gasteiger partial charge on any atom is -0.352 e. The number of nitrogens with one attached hydrogen (secondary N) is 2. The lowest BCUT2D eigenvalue weighted by molar-refractivity contribution is -0.122. The van der Waals surface area contributed by atoms with Gasteiger partial charge in [0.15, 0.2) is 0 Å². The average Bonchev–Trinajstić information content (AvgIpc) is 3.08. The molecule has 2 rings (SSSR count). The van der Waals surface area contributed by atoms with E-state index >= 15 is 0 Å². The molecule has 1 fully saturated rings. The molecule has 0 unspecified atom stereocenters. The summed E-state index contributed by atoms with van der Waals surface area (Å²) in [6.45, 7) is 2.00. The smallest absolute Gasteiger partial charge is 0.241 e. The van der Waals surface area contributed by atoms with Crippen LogP contribution in [0.4, 0.5) is 5.69 Å². The number of nitrogens with two attached hydrogens (primary N) is 1. The fraction of sp³-hybridized carbons (Fsp3) is 0.583. The highest BCUT2D eigenvalue weighted by Gasteiger charge is 2.23. The van der Waals surface area contributed by atoms with Crippen molar-refractivity contribution >= 4 is 17.5 Å². The third-order valence-electron chi connectivity index (χ3n) is 2.93. The van der Waals surface area contributed by atoms with Crippen molar-refractivity contribution in [2.45, 2.75) is 44.8 Å². The summed E-state index contributed by atoms with van der Waals surface area (Å²) < 4.78 is 1.49. The molecule has 1 atom stereocenters. The molecule has 1 aromatic heterocycles. The Morgan fingerprint density at radius 2 is 2.32 bits per heavy atom. The summed E-state index contributed by atoms with van der Waals surface area (Å²) in [6.07, 6.45) is 5.81. The van der Waals surface area contributed by atoms with Gasteiger partial charge in [0.25, 0.3) is 0 Å². The average molecular weight is 265 g/mol. The molecule has 0 aliphatic heterocycles. The second kappa shape index (κ2) is 5.83. The SMILES string of the molecule is CC[C@H](N)C(=O)Nc1cnn(CC(=O)NC2CC2)c1. The summed E-state index contributed by atoms with van der Waals surface area (Å²) in [5.74, 6) is -0.307. The predicted molar refractivity (Wildman–Crippen MR) is 70.3 cm³/mol. The van der Waals surface area contributed by atoms with E-state index in [1.165, 1.54) is 10.9 Å². The van der Waals surface area contributed by atoms with E-state index in [9.17, 15) is 9.59 Å². The minimum absolute atomic E-state index is 0.0614. The Hall–Kier alpha value is -1.89. The van der Waals surface area contributed by atoms with E-state index in [1.807, 2.05) is 6.92 Å². The summed E-state index contributed by atoms with van der Waals surface area (Å²) in [5.41, 5.74) is 6.16. The second-order valence-electron chi connectivity index (χ2n) is 4.77. The standard InChI is InChI=1S/C12H19N5O2/c1-2-10(13)12(19)16-9-5-14-17(6-9)7-11(18)15-8-3-4-8/h5-6,8,10H,2-4,7,13H2,1H3,(H,15,18)(H,16,19)/t10-/m0/s1. The van der Waals surface area contributed by atoms with Crippen LogP contribution in [0.5, 0.6) is 0 Å². The van der Waals surface area contributed by atoms with E-state index in [0.717, 1.165) is 12.8 Å². The Kier molecular flexibility index (Phi) is 4.16. The first kappa shape index (κ1) is 13.5. The number of nitrogens with zero attached hydrogens (tertiary/aromatic N) is 2. The van der Waals surface area contributed by atoms with E-state index in [0.29, 0.717) is 18.2 Å². The van der Waals surface area contributed by atoms with E-state index < -0.39 is 6.04 Å². The van der Waals surface area contributed by atoms with Crippen LogP contribution in [0.1, 0.15) is 26.2 Å². The van der Waals surface area contributed by atoms with Gasteiger partial charge in [-0.3, -0.25) is 14.3 Å². The first-order chi connectivity index (χ1) is 9.08. The molecule has 0 spiro atoms. The molecule has 104 valence electrons. The van der Waals surface area contributed by atoms with Gasteiger partial charge in [-0.2, -0.15) is 5.10 Å². The normalized spacial score (nSPS) is 15.9. The predicted octanol–water partition coefficient (Wildman–Crippen LogP) is -0.162. The summed E-state index contributed by atoms with van der Waals surface area (Å²) in [4.78, 5) is 23.1. The fourth-order valence-electron chi connectivity index (χ4n) is 1.58.